The zero-order valence-corrected chi connectivity index (χ0v) is 10.3. The maximum Gasteiger partial charge on any atom is 0.227 e. The highest BCUT2D eigenvalue weighted by molar-refractivity contribution is 5.95. The zero-order chi connectivity index (χ0) is 12.5. The predicted molar refractivity (Wildman–Crippen MR) is 65.6 cm³/mol. The first-order valence-electron chi connectivity index (χ1n) is 5.89. The first-order chi connectivity index (χ1) is 8.01. The lowest BCUT2D eigenvalue weighted by molar-refractivity contribution is -0.138. The van der Waals surface area contributed by atoms with E-state index in [1.54, 1.807) is 4.90 Å². The molecule has 1 amide bonds. The Morgan fingerprint density at radius 3 is 2.47 bits per heavy atom. The molecule has 1 aromatic rings. The summed E-state index contributed by atoms with van der Waals surface area (Å²) in [7, 11) is 0. The molecule has 1 aromatic carbocycles. The Labute approximate surface area is 101 Å². The van der Waals surface area contributed by atoms with E-state index in [1.165, 1.54) is 0 Å². The van der Waals surface area contributed by atoms with Gasteiger partial charge in [-0.25, -0.2) is 0 Å². The number of amides is 1. The molecule has 0 spiro atoms. The Hall–Kier alpha value is -1.64. The quantitative estimate of drug-likeness (QED) is 0.778. The summed E-state index contributed by atoms with van der Waals surface area (Å²) in [6.45, 7) is 4.20. The number of Topliss-reactive ketones (excluding diaryl/α,β-unsaturated/α-hetero) is 1. The number of hydrogen-bond donors (Lipinski definition) is 0. The number of hydrogen-bond acceptors (Lipinski definition) is 2. The largest absolute Gasteiger partial charge is 0.330 e. The first-order valence-corrected chi connectivity index (χ1v) is 5.89. The van der Waals surface area contributed by atoms with E-state index in [-0.39, 0.29) is 11.7 Å². The summed E-state index contributed by atoms with van der Waals surface area (Å²) in [5.74, 6) is 0.186. The molecule has 0 aromatic heterocycles. The number of rotatable bonds is 2. The van der Waals surface area contributed by atoms with Crippen LogP contribution in [0, 0.1) is 0 Å². The van der Waals surface area contributed by atoms with Crippen molar-refractivity contribution in [3.8, 4) is 0 Å². The Balaban J connectivity index is 2.09. The second-order valence-corrected chi connectivity index (χ2v) is 4.94. The molecule has 0 atom stereocenters. The molecule has 1 aliphatic rings. The van der Waals surface area contributed by atoms with Gasteiger partial charge >= 0.3 is 0 Å². The molecule has 0 bridgehead atoms. The lowest BCUT2D eigenvalue weighted by Gasteiger charge is -2.30. The van der Waals surface area contributed by atoms with E-state index in [4.69, 9.17) is 0 Å². The minimum Gasteiger partial charge on any atom is -0.330 e. The van der Waals surface area contributed by atoms with Crippen molar-refractivity contribution in [2.45, 2.75) is 32.2 Å². The molecule has 90 valence electrons. The Kier molecular flexibility index (Phi) is 3.01. The third kappa shape index (κ3) is 2.23. The van der Waals surface area contributed by atoms with Gasteiger partial charge in [0.05, 0.1) is 12.0 Å². The summed E-state index contributed by atoms with van der Waals surface area (Å²) in [6, 6.07) is 9.63. The summed E-state index contributed by atoms with van der Waals surface area (Å²) in [4.78, 5) is 25.5. The van der Waals surface area contributed by atoms with Crippen molar-refractivity contribution < 1.29 is 9.59 Å². The molecule has 1 aliphatic heterocycles. The van der Waals surface area contributed by atoms with Gasteiger partial charge in [0.15, 0.2) is 5.78 Å². The van der Waals surface area contributed by atoms with Crippen LogP contribution in [-0.4, -0.2) is 28.7 Å². The molecule has 0 N–H and O–H groups in total. The van der Waals surface area contributed by atoms with Crippen LogP contribution in [0.1, 0.15) is 25.8 Å². The van der Waals surface area contributed by atoms with Gasteiger partial charge in [-0.2, -0.15) is 0 Å². The summed E-state index contributed by atoms with van der Waals surface area (Å²) in [5, 5.41) is 0. The molecule has 3 nitrogen and oxygen atoms in total. The number of ketones is 1. The van der Waals surface area contributed by atoms with Crippen molar-refractivity contribution in [1.29, 1.82) is 0 Å². The van der Waals surface area contributed by atoms with Crippen LogP contribution in [0.4, 0.5) is 0 Å². The van der Waals surface area contributed by atoms with Crippen molar-refractivity contribution in [3.63, 3.8) is 0 Å². The van der Waals surface area contributed by atoms with E-state index < -0.39 is 5.54 Å². The lowest BCUT2D eigenvalue weighted by atomic mass is 10.00. The highest BCUT2D eigenvalue weighted by Gasteiger charge is 2.42. The second-order valence-electron chi connectivity index (χ2n) is 4.94. The van der Waals surface area contributed by atoms with Gasteiger partial charge in [-0.1, -0.05) is 30.3 Å². The molecular weight excluding hydrogens is 214 g/mol. The smallest absolute Gasteiger partial charge is 0.227 e. The molecule has 1 heterocycles. The minimum atomic E-state index is -0.633. The number of carbonyl (C=O) groups is 2. The van der Waals surface area contributed by atoms with Gasteiger partial charge in [0, 0.05) is 13.0 Å². The van der Waals surface area contributed by atoms with Crippen LogP contribution in [-0.2, 0) is 16.0 Å². The van der Waals surface area contributed by atoms with Crippen molar-refractivity contribution in [2.24, 2.45) is 0 Å². The number of nitrogens with zero attached hydrogens (tertiary/aromatic N) is 1. The molecule has 17 heavy (non-hydrogen) atoms. The van der Waals surface area contributed by atoms with Gasteiger partial charge in [0.1, 0.15) is 0 Å². The van der Waals surface area contributed by atoms with Gasteiger partial charge in [0.25, 0.3) is 0 Å². The SMILES string of the molecule is CC1(C)C(=O)CCN1C(=O)Cc1ccccc1. The van der Waals surface area contributed by atoms with Gasteiger partial charge in [-0.15, -0.1) is 0 Å². The number of carbonyl (C=O) groups excluding carboxylic acids is 2. The fourth-order valence-electron chi connectivity index (χ4n) is 2.25. The van der Waals surface area contributed by atoms with Crippen LogP contribution < -0.4 is 0 Å². The maximum atomic E-state index is 12.1. The molecule has 0 radical (unpaired) electrons. The van der Waals surface area contributed by atoms with Crippen LogP contribution in [0.15, 0.2) is 30.3 Å². The third-order valence-corrected chi connectivity index (χ3v) is 3.42. The highest BCUT2D eigenvalue weighted by atomic mass is 16.2. The molecule has 1 saturated heterocycles. The Morgan fingerprint density at radius 1 is 1.29 bits per heavy atom. The Morgan fingerprint density at radius 2 is 1.94 bits per heavy atom. The van der Waals surface area contributed by atoms with Gasteiger partial charge in [-0.3, -0.25) is 9.59 Å². The van der Waals surface area contributed by atoms with E-state index in [9.17, 15) is 9.59 Å². The minimum absolute atomic E-state index is 0.0343. The van der Waals surface area contributed by atoms with Crippen molar-refractivity contribution in [2.75, 3.05) is 6.54 Å². The summed E-state index contributed by atoms with van der Waals surface area (Å²) < 4.78 is 0. The molecule has 0 aliphatic carbocycles. The van der Waals surface area contributed by atoms with Crippen LogP contribution in [0.2, 0.25) is 0 Å². The average molecular weight is 231 g/mol. The molecule has 3 heteroatoms. The second kappa shape index (κ2) is 4.32. The van der Waals surface area contributed by atoms with Crippen LogP contribution in [0.3, 0.4) is 0 Å². The molecule has 1 fully saturated rings. The van der Waals surface area contributed by atoms with Crippen LogP contribution >= 0.6 is 0 Å². The van der Waals surface area contributed by atoms with Gasteiger partial charge in [0.2, 0.25) is 5.91 Å². The summed E-state index contributed by atoms with van der Waals surface area (Å²) in [5.41, 5.74) is 0.360. The molecule has 2 rings (SSSR count). The normalized spacial score (nSPS) is 18.5. The molecule has 0 unspecified atom stereocenters. The first kappa shape index (κ1) is 11.8. The molecular formula is C14H17NO2. The predicted octanol–water partition coefficient (Wildman–Crippen LogP) is 1.81. The van der Waals surface area contributed by atoms with Gasteiger partial charge < -0.3 is 4.90 Å². The third-order valence-electron chi connectivity index (χ3n) is 3.42. The fourth-order valence-corrected chi connectivity index (χ4v) is 2.25. The van der Waals surface area contributed by atoms with Crippen molar-refractivity contribution in [1.82, 2.24) is 4.90 Å². The van der Waals surface area contributed by atoms with E-state index in [1.807, 2.05) is 44.2 Å². The van der Waals surface area contributed by atoms with Crippen molar-refractivity contribution in [3.05, 3.63) is 35.9 Å². The maximum absolute atomic E-state index is 12.1. The number of benzene rings is 1. The topological polar surface area (TPSA) is 37.4 Å². The number of likely N-dealkylation sites (tertiary alicyclic amines) is 1. The van der Waals surface area contributed by atoms with Crippen LogP contribution in [0.25, 0.3) is 0 Å². The standard InChI is InChI=1S/C14H17NO2/c1-14(2)12(16)8-9-15(14)13(17)10-11-6-4-3-5-7-11/h3-7H,8-10H2,1-2H3. The average Bonchev–Trinajstić information content (AvgIpc) is 2.55. The van der Waals surface area contributed by atoms with E-state index >= 15 is 0 Å². The Bertz CT molecular complexity index is 437. The van der Waals surface area contributed by atoms with E-state index in [2.05, 4.69) is 0 Å². The highest BCUT2D eigenvalue weighted by Crippen LogP contribution is 2.25. The molecule has 0 saturated carbocycles. The summed E-state index contributed by atoms with van der Waals surface area (Å²) >= 11 is 0. The van der Waals surface area contributed by atoms with Crippen molar-refractivity contribution >= 4 is 11.7 Å². The van der Waals surface area contributed by atoms with E-state index in [0.29, 0.717) is 19.4 Å². The van der Waals surface area contributed by atoms with Crippen LogP contribution in [0.5, 0.6) is 0 Å². The lowest BCUT2D eigenvalue weighted by Crippen LogP contribution is -2.46. The zero-order valence-electron chi connectivity index (χ0n) is 10.3. The van der Waals surface area contributed by atoms with Gasteiger partial charge in [-0.05, 0) is 19.4 Å². The van der Waals surface area contributed by atoms with E-state index in [0.717, 1.165) is 5.56 Å². The monoisotopic (exact) mass is 231 g/mol. The fraction of sp³-hybridized carbons (Fsp3) is 0.429. The summed E-state index contributed by atoms with van der Waals surface area (Å²) in [6.07, 6.45) is 0.852.